The van der Waals surface area contributed by atoms with E-state index in [-0.39, 0.29) is 65.0 Å². The van der Waals surface area contributed by atoms with Gasteiger partial charge in [0.05, 0.1) is 27.1 Å². The van der Waals surface area contributed by atoms with E-state index in [1.54, 1.807) is 24.3 Å². The zero-order chi connectivity index (χ0) is 20.1. The molecule has 1 aromatic rings. The topological polar surface area (TPSA) is 111 Å². The zero-order valence-electron chi connectivity index (χ0n) is 18.1. The summed E-state index contributed by atoms with van der Waals surface area (Å²) in [6.07, 6.45) is 6.29. The van der Waals surface area contributed by atoms with Crippen molar-refractivity contribution in [2.75, 3.05) is 13.2 Å². The standard InChI is InChI=1S/C19H32NO6P.2Na/c1-3-5-6-7-8-12-19(21)20-18(15-26-27(22,23)24)16-10-9-11-17(14-16)25-13-4-2;;/h9-11,14,18H,3-8,12-13,15H2,1-2H3,(H,20,21)(H2,22,23,24);;/q;2*+1/p-2. The van der Waals surface area contributed by atoms with Gasteiger partial charge in [0, 0.05) is 6.42 Å². The molecule has 0 aliphatic carbocycles. The Morgan fingerprint density at radius 2 is 1.79 bits per heavy atom. The van der Waals surface area contributed by atoms with Crippen LogP contribution in [0.25, 0.3) is 0 Å². The van der Waals surface area contributed by atoms with Crippen molar-refractivity contribution < 1.29 is 87.5 Å². The molecule has 0 saturated heterocycles. The Kier molecular flexibility index (Phi) is 19.9. The molecular weight excluding hydrogens is 415 g/mol. The van der Waals surface area contributed by atoms with Crippen molar-refractivity contribution in [2.24, 2.45) is 0 Å². The van der Waals surface area contributed by atoms with E-state index < -0.39 is 20.5 Å². The smallest absolute Gasteiger partial charge is 0.790 e. The maximum atomic E-state index is 12.2. The summed E-state index contributed by atoms with van der Waals surface area (Å²) in [5.41, 5.74) is 0.622. The molecule has 0 bridgehead atoms. The third-order valence-corrected chi connectivity index (χ3v) is 4.44. The summed E-state index contributed by atoms with van der Waals surface area (Å²) < 4.78 is 20.8. The van der Waals surface area contributed by atoms with Crippen molar-refractivity contribution in [3.8, 4) is 5.75 Å². The van der Waals surface area contributed by atoms with Crippen molar-refractivity contribution >= 4 is 13.7 Å². The second kappa shape index (κ2) is 18.2. The number of ether oxygens (including phenoxy) is 1. The third kappa shape index (κ3) is 16.0. The molecule has 0 aliphatic heterocycles. The largest absolute Gasteiger partial charge is 1.00 e. The first-order valence-electron chi connectivity index (χ1n) is 9.54. The third-order valence-electron chi connectivity index (χ3n) is 3.98. The SMILES string of the molecule is CCCCCCCC(=O)NC(COP(=O)([O-])[O-])c1cccc(OCCC)c1.[Na+].[Na+]. The van der Waals surface area contributed by atoms with Crippen LogP contribution in [0.3, 0.4) is 0 Å². The molecule has 1 atom stereocenters. The van der Waals surface area contributed by atoms with Crippen LogP contribution < -0.4 is 79.0 Å². The van der Waals surface area contributed by atoms with Crippen molar-refractivity contribution in [1.82, 2.24) is 5.32 Å². The molecule has 0 radical (unpaired) electrons. The molecule has 10 heteroatoms. The number of hydrogen-bond acceptors (Lipinski definition) is 6. The van der Waals surface area contributed by atoms with Gasteiger partial charge < -0.3 is 28.9 Å². The quantitative estimate of drug-likeness (QED) is 0.184. The van der Waals surface area contributed by atoms with E-state index >= 15 is 0 Å². The van der Waals surface area contributed by atoms with E-state index in [2.05, 4.69) is 16.8 Å². The van der Waals surface area contributed by atoms with Gasteiger partial charge in [0.25, 0.3) is 0 Å². The molecule has 0 aliphatic rings. The van der Waals surface area contributed by atoms with Gasteiger partial charge in [-0.25, -0.2) is 0 Å². The summed E-state index contributed by atoms with van der Waals surface area (Å²) in [5.74, 6) is 0.409. The number of benzene rings is 1. The molecule has 0 spiro atoms. The van der Waals surface area contributed by atoms with Gasteiger partial charge in [0.15, 0.2) is 0 Å². The van der Waals surface area contributed by atoms with E-state index in [4.69, 9.17) is 4.74 Å². The van der Waals surface area contributed by atoms with E-state index in [0.29, 0.717) is 24.3 Å². The number of unbranched alkanes of at least 4 members (excludes halogenated alkanes) is 4. The maximum absolute atomic E-state index is 12.2. The van der Waals surface area contributed by atoms with Gasteiger partial charge in [-0.1, -0.05) is 51.7 Å². The van der Waals surface area contributed by atoms with Gasteiger partial charge in [-0.05, 0) is 30.5 Å². The Labute approximate surface area is 218 Å². The minimum atomic E-state index is -5.13. The van der Waals surface area contributed by atoms with Crippen LogP contribution in [0.1, 0.15) is 70.4 Å². The van der Waals surface area contributed by atoms with Crippen LogP contribution in [0.5, 0.6) is 5.75 Å². The second-order valence-electron chi connectivity index (χ2n) is 6.45. The first-order valence-corrected chi connectivity index (χ1v) is 11.0. The molecule has 0 heterocycles. The number of phosphoric acid groups is 1. The fourth-order valence-electron chi connectivity index (χ4n) is 2.58. The predicted molar refractivity (Wildman–Crippen MR) is 100 cm³/mol. The van der Waals surface area contributed by atoms with Gasteiger partial charge >= 0.3 is 59.1 Å². The molecule has 1 aromatic carbocycles. The van der Waals surface area contributed by atoms with Crippen LogP contribution in [0.4, 0.5) is 0 Å². The van der Waals surface area contributed by atoms with Crippen LogP contribution in [0.2, 0.25) is 0 Å². The predicted octanol–water partition coefficient (Wildman–Crippen LogP) is -3.15. The number of hydrogen-bond donors (Lipinski definition) is 1. The number of amides is 1. The van der Waals surface area contributed by atoms with Gasteiger partial charge in [-0.3, -0.25) is 4.79 Å². The average Bonchev–Trinajstić information content (AvgIpc) is 2.62. The number of carbonyl (C=O) groups is 1. The molecule has 29 heavy (non-hydrogen) atoms. The number of phosphoric ester groups is 1. The van der Waals surface area contributed by atoms with Crippen LogP contribution in [-0.2, 0) is 13.9 Å². The van der Waals surface area contributed by atoms with Gasteiger partial charge in [0.2, 0.25) is 5.91 Å². The molecule has 0 saturated carbocycles. The van der Waals surface area contributed by atoms with Crippen molar-refractivity contribution in [1.29, 1.82) is 0 Å². The van der Waals surface area contributed by atoms with Crippen molar-refractivity contribution in [3.05, 3.63) is 29.8 Å². The summed E-state index contributed by atoms with van der Waals surface area (Å²) >= 11 is 0. The Bertz CT molecular complexity index is 614. The Morgan fingerprint density at radius 3 is 2.41 bits per heavy atom. The van der Waals surface area contributed by atoms with Gasteiger partial charge in [0.1, 0.15) is 5.75 Å². The fraction of sp³-hybridized carbons (Fsp3) is 0.632. The molecule has 1 unspecified atom stereocenters. The fourth-order valence-corrected chi connectivity index (χ4v) is 2.92. The van der Waals surface area contributed by atoms with Crippen LogP contribution >= 0.6 is 7.82 Å². The average molecular weight is 445 g/mol. The molecule has 7 nitrogen and oxygen atoms in total. The minimum absolute atomic E-state index is 0. The van der Waals surface area contributed by atoms with E-state index in [1.165, 1.54) is 0 Å². The molecular formula is C19H30NNa2O6P. The van der Waals surface area contributed by atoms with Crippen LogP contribution in [0, 0.1) is 0 Å². The molecule has 1 N–H and O–H groups in total. The molecule has 154 valence electrons. The van der Waals surface area contributed by atoms with Gasteiger partial charge in [-0.15, -0.1) is 0 Å². The van der Waals surface area contributed by atoms with E-state index in [9.17, 15) is 19.1 Å². The summed E-state index contributed by atoms with van der Waals surface area (Å²) in [6.45, 7) is 4.22. The monoisotopic (exact) mass is 445 g/mol. The maximum Gasteiger partial charge on any atom is 1.00 e. The Hall–Kier alpha value is 0.600. The van der Waals surface area contributed by atoms with Crippen LogP contribution in [0.15, 0.2) is 24.3 Å². The van der Waals surface area contributed by atoms with E-state index in [1.807, 2.05) is 6.92 Å². The zero-order valence-corrected chi connectivity index (χ0v) is 23.0. The summed E-state index contributed by atoms with van der Waals surface area (Å²) in [6, 6.07) is 6.23. The van der Waals surface area contributed by atoms with Crippen LogP contribution in [-0.4, -0.2) is 19.1 Å². The Morgan fingerprint density at radius 1 is 1.10 bits per heavy atom. The normalized spacial score (nSPS) is 11.7. The summed E-state index contributed by atoms with van der Waals surface area (Å²) in [7, 11) is -5.13. The first kappa shape index (κ1) is 31.8. The summed E-state index contributed by atoms with van der Waals surface area (Å²) in [4.78, 5) is 33.9. The van der Waals surface area contributed by atoms with Gasteiger partial charge in [-0.2, -0.15) is 0 Å². The number of carbonyl (C=O) groups excluding carboxylic acids is 1. The number of nitrogens with one attached hydrogen (secondary N) is 1. The molecule has 1 rings (SSSR count). The number of rotatable bonds is 14. The Balaban J connectivity index is 0. The van der Waals surface area contributed by atoms with Crippen molar-refractivity contribution in [2.45, 2.75) is 64.8 Å². The molecule has 0 fully saturated rings. The molecule has 0 aromatic heterocycles. The van der Waals surface area contributed by atoms with E-state index in [0.717, 1.165) is 38.5 Å². The first-order chi connectivity index (χ1) is 12.9. The minimum Gasteiger partial charge on any atom is -0.790 e. The molecule has 1 amide bonds. The second-order valence-corrected chi connectivity index (χ2v) is 7.60. The summed E-state index contributed by atoms with van der Waals surface area (Å²) in [5, 5.41) is 2.76. The van der Waals surface area contributed by atoms with Crippen molar-refractivity contribution in [3.63, 3.8) is 0 Å².